The molecule has 0 saturated carbocycles. The number of hydrogen-bond donors (Lipinski definition) is 0. The van der Waals surface area contributed by atoms with Gasteiger partial charge in [-0.25, -0.2) is 0 Å². The zero-order valence-electron chi connectivity index (χ0n) is 18.9. The molecule has 0 saturated heterocycles. The van der Waals surface area contributed by atoms with Crippen LogP contribution in [0.5, 0.6) is 0 Å². The molecule has 2 atom stereocenters. The maximum atomic E-state index is 12.6. The summed E-state index contributed by atoms with van der Waals surface area (Å²) in [7, 11) is 0. The highest BCUT2D eigenvalue weighted by molar-refractivity contribution is 5.75. The molecule has 1 aliphatic carbocycles. The van der Waals surface area contributed by atoms with E-state index in [4.69, 9.17) is 9.47 Å². The molecular weight excluding hydrogens is 372 g/mol. The molecule has 0 radical (unpaired) electrons. The van der Waals surface area contributed by atoms with Crippen molar-refractivity contribution in [1.82, 2.24) is 0 Å². The van der Waals surface area contributed by atoms with Gasteiger partial charge in [0.2, 0.25) is 0 Å². The first-order valence-electron chi connectivity index (χ1n) is 11.3. The zero-order valence-corrected chi connectivity index (χ0v) is 18.9. The fraction of sp³-hybridized carbons (Fsp3) is 0.519. The van der Waals surface area contributed by atoms with Gasteiger partial charge in [-0.2, -0.15) is 0 Å². The van der Waals surface area contributed by atoms with Gasteiger partial charge < -0.3 is 9.47 Å². The van der Waals surface area contributed by atoms with E-state index in [1.54, 1.807) is 0 Å². The quantitative estimate of drug-likeness (QED) is 0.313. The van der Waals surface area contributed by atoms with E-state index in [-0.39, 0.29) is 12.1 Å². The normalized spacial score (nSPS) is 16.5. The molecule has 30 heavy (non-hydrogen) atoms. The van der Waals surface area contributed by atoms with Gasteiger partial charge in [0.1, 0.15) is 6.61 Å². The third-order valence-corrected chi connectivity index (χ3v) is 6.39. The van der Waals surface area contributed by atoms with Crippen LogP contribution in [0.25, 0.3) is 0 Å². The molecule has 162 valence electrons. The Balaban J connectivity index is 1.36. The van der Waals surface area contributed by atoms with Gasteiger partial charge in [-0.15, -0.1) is 0 Å². The Morgan fingerprint density at radius 3 is 2.53 bits per heavy atom. The van der Waals surface area contributed by atoms with Gasteiger partial charge in [-0.05, 0) is 62.6 Å². The molecule has 0 amide bonds. The summed E-state index contributed by atoms with van der Waals surface area (Å²) in [4.78, 5) is 12.6. The molecule has 3 heteroatoms. The van der Waals surface area contributed by atoms with Crippen molar-refractivity contribution in [3.8, 4) is 0 Å². The van der Waals surface area contributed by atoms with Gasteiger partial charge >= 0.3 is 5.97 Å². The average molecular weight is 409 g/mol. The van der Waals surface area contributed by atoms with Crippen molar-refractivity contribution in [2.45, 2.75) is 71.8 Å². The van der Waals surface area contributed by atoms with Crippen LogP contribution in [0.3, 0.4) is 0 Å². The van der Waals surface area contributed by atoms with Crippen LogP contribution < -0.4 is 0 Å². The third-order valence-electron chi connectivity index (χ3n) is 6.39. The Morgan fingerprint density at radius 2 is 1.83 bits per heavy atom. The number of ether oxygens (including phenoxy) is 2. The smallest absolute Gasteiger partial charge is 0.311 e. The number of carbonyl (C=O) groups excluding carboxylic acids is 1. The summed E-state index contributed by atoms with van der Waals surface area (Å²) in [6.45, 7) is 9.11. The highest BCUT2D eigenvalue weighted by atomic mass is 16.6. The minimum absolute atomic E-state index is 0.122. The Labute approximate surface area is 181 Å². The van der Waals surface area contributed by atoms with Crippen molar-refractivity contribution >= 4 is 5.97 Å². The van der Waals surface area contributed by atoms with E-state index in [0.29, 0.717) is 19.1 Å². The van der Waals surface area contributed by atoms with Crippen LogP contribution in [0.1, 0.15) is 80.7 Å². The van der Waals surface area contributed by atoms with Crippen LogP contribution in [0.2, 0.25) is 0 Å². The monoisotopic (exact) mass is 408 g/mol. The van der Waals surface area contributed by atoms with Gasteiger partial charge in [0.15, 0.2) is 0 Å². The van der Waals surface area contributed by atoms with Gasteiger partial charge in [-0.1, -0.05) is 67.4 Å². The van der Waals surface area contributed by atoms with Gasteiger partial charge in [-0.3, -0.25) is 4.79 Å². The second kappa shape index (κ2) is 10.3. The fourth-order valence-corrected chi connectivity index (χ4v) is 4.22. The predicted octanol–water partition coefficient (Wildman–Crippen LogP) is 6.54. The molecule has 3 nitrogen and oxygen atoms in total. The first-order chi connectivity index (χ1) is 14.4. The molecule has 0 aromatic heterocycles. The molecular formula is C27H36O3. The van der Waals surface area contributed by atoms with E-state index in [2.05, 4.69) is 56.3 Å². The highest BCUT2D eigenvalue weighted by Gasteiger charge is 2.30. The standard InChI is InChI=1S/C27H36O3/c1-5-21(22-14-12-20(2)13-15-22)10-8-16-27(3,4)26(28)30-18-17-29-25-19-23-9-6-7-11-24(23)25/h6-7,9,11-15,21,25H,5,8,10,16-19H2,1-4H3. The maximum Gasteiger partial charge on any atom is 0.311 e. The Kier molecular flexibility index (Phi) is 7.71. The number of aryl methyl sites for hydroxylation is 1. The van der Waals surface area contributed by atoms with E-state index in [1.807, 2.05) is 19.9 Å². The second-order valence-corrected chi connectivity index (χ2v) is 9.19. The van der Waals surface area contributed by atoms with E-state index >= 15 is 0 Å². The molecule has 0 spiro atoms. The number of carbonyl (C=O) groups is 1. The summed E-state index contributed by atoms with van der Waals surface area (Å²) in [5.74, 6) is 0.430. The molecule has 2 aromatic carbocycles. The summed E-state index contributed by atoms with van der Waals surface area (Å²) in [5.41, 5.74) is 4.86. The van der Waals surface area contributed by atoms with Crippen molar-refractivity contribution in [3.63, 3.8) is 0 Å². The third kappa shape index (κ3) is 5.72. The summed E-state index contributed by atoms with van der Waals surface area (Å²) in [6, 6.07) is 17.2. The average Bonchev–Trinajstić information content (AvgIpc) is 2.72. The summed E-state index contributed by atoms with van der Waals surface area (Å²) in [6.07, 6.45) is 5.18. The number of benzene rings is 2. The number of hydrogen-bond acceptors (Lipinski definition) is 3. The molecule has 2 unspecified atom stereocenters. The van der Waals surface area contributed by atoms with Crippen LogP contribution in [-0.2, 0) is 20.7 Å². The highest BCUT2D eigenvalue weighted by Crippen LogP contribution is 2.35. The van der Waals surface area contributed by atoms with Crippen LogP contribution in [0.15, 0.2) is 48.5 Å². The molecule has 3 rings (SSSR count). The summed E-state index contributed by atoms with van der Waals surface area (Å²) >= 11 is 0. The predicted molar refractivity (Wildman–Crippen MR) is 122 cm³/mol. The summed E-state index contributed by atoms with van der Waals surface area (Å²) in [5, 5.41) is 0. The lowest BCUT2D eigenvalue weighted by atomic mass is 9.83. The zero-order chi connectivity index (χ0) is 21.6. The molecule has 1 aliphatic rings. The number of fused-ring (bicyclic) bond motifs is 1. The fourth-order valence-electron chi connectivity index (χ4n) is 4.22. The molecule has 0 N–H and O–H groups in total. The minimum atomic E-state index is -0.464. The maximum absolute atomic E-state index is 12.6. The lowest BCUT2D eigenvalue weighted by molar-refractivity contribution is -0.156. The van der Waals surface area contributed by atoms with Gasteiger partial charge in [0.05, 0.1) is 18.1 Å². The first-order valence-corrected chi connectivity index (χ1v) is 11.3. The summed E-state index contributed by atoms with van der Waals surface area (Å²) < 4.78 is 11.4. The Morgan fingerprint density at radius 1 is 1.10 bits per heavy atom. The van der Waals surface area contributed by atoms with Gasteiger partial charge in [0.25, 0.3) is 0 Å². The number of esters is 1. The van der Waals surface area contributed by atoms with Crippen molar-refractivity contribution in [3.05, 3.63) is 70.8 Å². The van der Waals surface area contributed by atoms with E-state index in [1.165, 1.54) is 22.3 Å². The topological polar surface area (TPSA) is 35.5 Å². The molecule has 0 bridgehead atoms. The SMILES string of the molecule is CCC(CCCC(C)(C)C(=O)OCCOC1Cc2ccccc21)c1ccc(C)cc1. The van der Waals surface area contributed by atoms with Gasteiger partial charge in [0, 0.05) is 6.42 Å². The lowest BCUT2D eigenvalue weighted by Gasteiger charge is -2.30. The van der Waals surface area contributed by atoms with Crippen molar-refractivity contribution < 1.29 is 14.3 Å². The van der Waals surface area contributed by atoms with E-state index in [9.17, 15) is 4.79 Å². The van der Waals surface area contributed by atoms with Crippen molar-refractivity contribution in [2.75, 3.05) is 13.2 Å². The minimum Gasteiger partial charge on any atom is -0.463 e. The Bertz CT molecular complexity index is 822. The second-order valence-electron chi connectivity index (χ2n) is 9.19. The molecule has 0 aliphatic heterocycles. The van der Waals surface area contributed by atoms with Crippen LogP contribution in [0, 0.1) is 12.3 Å². The van der Waals surface area contributed by atoms with E-state index in [0.717, 1.165) is 32.1 Å². The first kappa shape index (κ1) is 22.6. The molecule has 0 heterocycles. The Hall–Kier alpha value is -2.13. The lowest BCUT2D eigenvalue weighted by Crippen LogP contribution is -2.28. The van der Waals surface area contributed by atoms with E-state index < -0.39 is 5.41 Å². The van der Waals surface area contributed by atoms with Crippen molar-refractivity contribution in [1.29, 1.82) is 0 Å². The van der Waals surface area contributed by atoms with Crippen LogP contribution in [-0.4, -0.2) is 19.2 Å². The molecule has 0 fully saturated rings. The van der Waals surface area contributed by atoms with Crippen molar-refractivity contribution in [2.24, 2.45) is 5.41 Å². The largest absolute Gasteiger partial charge is 0.463 e. The van der Waals surface area contributed by atoms with Crippen LogP contribution >= 0.6 is 0 Å². The molecule has 2 aromatic rings. The van der Waals surface area contributed by atoms with Crippen LogP contribution in [0.4, 0.5) is 0 Å². The number of rotatable bonds is 11.